The summed E-state index contributed by atoms with van der Waals surface area (Å²) in [6.07, 6.45) is -1.70. The van der Waals surface area contributed by atoms with Gasteiger partial charge in [0.25, 0.3) is 0 Å². The molecule has 2 aliphatic heterocycles. The lowest BCUT2D eigenvalue weighted by atomic mass is 10.0. The Kier molecular flexibility index (Phi) is 9.00. The molecule has 2 N–H and O–H groups in total. The van der Waals surface area contributed by atoms with Crippen LogP contribution in [-0.4, -0.2) is 74.8 Å². The van der Waals surface area contributed by atoms with Crippen LogP contribution in [-0.2, 0) is 30.7 Å². The number of aliphatic hydroxyl groups is 1. The van der Waals surface area contributed by atoms with E-state index in [9.17, 15) is 18.3 Å². The maximum absolute atomic E-state index is 13.8. The van der Waals surface area contributed by atoms with Gasteiger partial charge in [0.05, 0.1) is 36.2 Å². The fraction of sp³-hybridized carbons (Fsp3) is 0.500. The van der Waals surface area contributed by atoms with Crippen LogP contribution in [0.5, 0.6) is 0 Å². The highest BCUT2D eigenvalue weighted by atomic mass is 32.2. The number of sulfonamides is 1. The molecule has 11 heteroatoms. The van der Waals surface area contributed by atoms with Crippen LogP contribution in [0.3, 0.4) is 0 Å². The Morgan fingerprint density at radius 3 is 2.66 bits per heavy atom. The van der Waals surface area contributed by atoms with E-state index >= 15 is 0 Å². The Morgan fingerprint density at radius 1 is 1.12 bits per heavy atom. The van der Waals surface area contributed by atoms with E-state index in [0.29, 0.717) is 23.3 Å². The number of nitrogens with one attached hydrogen (secondary N) is 1. The number of benzene rings is 2. The lowest BCUT2D eigenvalue weighted by Gasteiger charge is -2.31. The maximum atomic E-state index is 13.8. The standard InChI is InChI=1S/C30H38N2O8S/c1-19(2)16-32(41(35,36)23-9-10-27-22(15-23)13-20(3)39-27)17-26(33)25(14-21-7-5-4-6-8-21)31-30(34)40-28-18-38-29-24(28)11-12-37-29/h4-10,13,15,19,24-26,28-29,33H,11-12,14,16-18H2,1-3H3,(H,31,34)/t24-,25-,26+,28-,29+/m0/s1. The first-order valence-corrected chi connectivity index (χ1v) is 15.5. The molecule has 0 saturated carbocycles. The zero-order valence-corrected chi connectivity index (χ0v) is 24.4. The summed E-state index contributed by atoms with van der Waals surface area (Å²) in [6.45, 7) is 6.41. The van der Waals surface area contributed by atoms with Gasteiger partial charge in [-0.2, -0.15) is 4.31 Å². The van der Waals surface area contributed by atoms with Gasteiger partial charge in [-0.15, -0.1) is 0 Å². The highest BCUT2D eigenvalue weighted by Gasteiger charge is 2.44. The largest absolute Gasteiger partial charge is 0.461 e. The predicted molar refractivity (Wildman–Crippen MR) is 152 cm³/mol. The topological polar surface area (TPSA) is 128 Å². The van der Waals surface area contributed by atoms with Crippen LogP contribution in [0.15, 0.2) is 63.9 Å². The van der Waals surface area contributed by atoms with Crippen LogP contribution in [0.1, 0.15) is 31.6 Å². The summed E-state index contributed by atoms with van der Waals surface area (Å²) in [5.74, 6) is 0.651. The summed E-state index contributed by atoms with van der Waals surface area (Å²) < 4.78 is 51.3. The summed E-state index contributed by atoms with van der Waals surface area (Å²) in [5, 5.41) is 15.0. The van der Waals surface area contributed by atoms with Gasteiger partial charge in [-0.05, 0) is 55.5 Å². The number of aryl methyl sites for hydroxylation is 1. The molecule has 2 aromatic carbocycles. The molecule has 2 aliphatic rings. The van der Waals surface area contributed by atoms with Crippen molar-refractivity contribution in [1.82, 2.24) is 9.62 Å². The van der Waals surface area contributed by atoms with Gasteiger partial charge in [-0.3, -0.25) is 0 Å². The molecule has 41 heavy (non-hydrogen) atoms. The Hall–Kier alpha value is -2.96. The average molecular weight is 587 g/mol. The Balaban J connectivity index is 1.35. The summed E-state index contributed by atoms with van der Waals surface area (Å²) in [5.41, 5.74) is 1.48. The second-order valence-corrected chi connectivity index (χ2v) is 13.2. The molecule has 2 saturated heterocycles. The Bertz CT molecular complexity index is 1440. The van der Waals surface area contributed by atoms with Crippen LogP contribution in [0.25, 0.3) is 11.0 Å². The van der Waals surface area contributed by atoms with E-state index in [4.69, 9.17) is 18.6 Å². The van der Waals surface area contributed by atoms with Crippen molar-refractivity contribution < 1.29 is 36.9 Å². The SMILES string of the molecule is Cc1cc2cc(S(=O)(=O)N(CC(C)C)C[C@@H](O)[C@H](Cc3ccccc3)NC(=O)O[C@H]3CO[C@H]4OCC[C@H]43)ccc2o1. The van der Waals surface area contributed by atoms with Gasteiger partial charge in [-0.25, -0.2) is 13.2 Å². The lowest BCUT2D eigenvalue weighted by molar-refractivity contribution is -0.0907. The van der Waals surface area contributed by atoms with E-state index in [1.54, 1.807) is 25.1 Å². The van der Waals surface area contributed by atoms with E-state index in [1.807, 2.05) is 44.2 Å². The van der Waals surface area contributed by atoms with Gasteiger partial charge in [0.2, 0.25) is 10.0 Å². The minimum Gasteiger partial charge on any atom is -0.461 e. The zero-order chi connectivity index (χ0) is 29.1. The van der Waals surface area contributed by atoms with Gasteiger partial charge in [0.1, 0.15) is 17.4 Å². The molecular weight excluding hydrogens is 548 g/mol. The number of furan rings is 1. The third-order valence-electron chi connectivity index (χ3n) is 7.52. The summed E-state index contributed by atoms with van der Waals surface area (Å²) in [6, 6.07) is 15.1. The van der Waals surface area contributed by atoms with E-state index in [0.717, 1.165) is 12.0 Å². The number of hydrogen-bond acceptors (Lipinski definition) is 8. The van der Waals surface area contributed by atoms with Gasteiger partial charge in [-0.1, -0.05) is 44.2 Å². The number of hydrogen-bond donors (Lipinski definition) is 2. The summed E-state index contributed by atoms with van der Waals surface area (Å²) in [7, 11) is -3.98. The second kappa shape index (κ2) is 12.5. The molecule has 0 radical (unpaired) electrons. The van der Waals surface area contributed by atoms with Crippen molar-refractivity contribution in [2.45, 2.75) is 63.0 Å². The first kappa shape index (κ1) is 29.5. The Labute approximate surface area is 240 Å². The number of alkyl carbamates (subject to hydrolysis) is 1. The lowest BCUT2D eigenvalue weighted by Crippen LogP contribution is -2.51. The minimum absolute atomic E-state index is 0.00804. The van der Waals surface area contributed by atoms with Crippen molar-refractivity contribution in [3.63, 3.8) is 0 Å². The highest BCUT2D eigenvalue weighted by Crippen LogP contribution is 2.33. The van der Waals surface area contributed by atoms with Crippen molar-refractivity contribution in [1.29, 1.82) is 0 Å². The number of ether oxygens (including phenoxy) is 3. The number of aliphatic hydroxyl groups excluding tert-OH is 1. The molecule has 2 fully saturated rings. The highest BCUT2D eigenvalue weighted by molar-refractivity contribution is 7.89. The quantitative estimate of drug-likeness (QED) is 0.347. The van der Waals surface area contributed by atoms with Crippen LogP contribution >= 0.6 is 0 Å². The smallest absolute Gasteiger partial charge is 0.407 e. The molecule has 0 spiro atoms. The first-order chi connectivity index (χ1) is 19.6. The molecule has 5 rings (SSSR count). The van der Waals surface area contributed by atoms with Crippen LogP contribution in [0.4, 0.5) is 4.79 Å². The predicted octanol–water partition coefficient (Wildman–Crippen LogP) is 3.85. The van der Waals surface area contributed by atoms with Crippen LogP contribution in [0.2, 0.25) is 0 Å². The molecule has 1 aromatic heterocycles. The van der Waals surface area contributed by atoms with E-state index < -0.39 is 34.4 Å². The van der Waals surface area contributed by atoms with E-state index in [1.165, 1.54) is 10.4 Å². The molecule has 3 heterocycles. The minimum atomic E-state index is -3.98. The van der Waals surface area contributed by atoms with E-state index in [-0.39, 0.29) is 49.1 Å². The van der Waals surface area contributed by atoms with Crippen molar-refractivity contribution in [2.75, 3.05) is 26.3 Å². The maximum Gasteiger partial charge on any atom is 0.407 e. The number of fused-ring (bicyclic) bond motifs is 2. The molecule has 1 amide bonds. The molecule has 3 aromatic rings. The molecule has 0 aliphatic carbocycles. The summed E-state index contributed by atoms with van der Waals surface area (Å²) >= 11 is 0. The van der Waals surface area contributed by atoms with Crippen LogP contribution < -0.4 is 5.32 Å². The molecular formula is C30H38N2O8S. The number of amides is 1. The first-order valence-electron chi connectivity index (χ1n) is 14.0. The van der Waals surface area contributed by atoms with Gasteiger partial charge < -0.3 is 29.1 Å². The molecule has 0 unspecified atom stereocenters. The Morgan fingerprint density at radius 2 is 1.90 bits per heavy atom. The average Bonchev–Trinajstić information content (AvgIpc) is 3.64. The number of nitrogens with zero attached hydrogens (tertiary/aromatic N) is 1. The molecule has 0 bridgehead atoms. The third kappa shape index (κ3) is 6.92. The monoisotopic (exact) mass is 586 g/mol. The van der Waals surface area contributed by atoms with Crippen molar-refractivity contribution in [3.05, 3.63) is 65.9 Å². The number of rotatable bonds is 11. The molecule has 5 atom stereocenters. The zero-order valence-electron chi connectivity index (χ0n) is 23.6. The van der Waals surface area contributed by atoms with Crippen molar-refractivity contribution >= 4 is 27.1 Å². The van der Waals surface area contributed by atoms with Crippen molar-refractivity contribution in [2.24, 2.45) is 11.8 Å². The fourth-order valence-corrected chi connectivity index (χ4v) is 7.16. The second-order valence-electron chi connectivity index (χ2n) is 11.2. The molecule has 222 valence electrons. The normalized spacial score (nSPS) is 22.2. The van der Waals surface area contributed by atoms with E-state index in [2.05, 4.69) is 5.32 Å². The van der Waals surface area contributed by atoms with Crippen LogP contribution in [0, 0.1) is 18.8 Å². The number of carbonyl (C=O) groups is 1. The van der Waals surface area contributed by atoms with Crippen molar-refractivity contribution in [3.8, 4) is 0 Å². The number of carbonyl (C=O) groups excluding carboxylic acids is 1. The summed E-state index contributed by atoms with van der Waals surface area (Å²) in [4.78, 5) is 13.1. The van der Waals surface area contributed by atoms with Gasteiger partial charge in [0, 0.05) is 18.5 Å². The molecule has 10 nitrogen and oxygen atoms in total. The van der Waals surface area contributed by atoms with Gasteiger partial charge >= 0.3 is 6.09 Å². The van der Waals surface area contributed by atoms with Gasteiger partial charge in [0.15, 0.2) is 6.29 Å². The fourth-order valence-electron chi connectivity index (χ4n) is 5.50. The third-order valence-corrected chi connectivity index (χ3v) is 9.35.